The summed E-state index contributed by atoms with van der Waals surface area (Å²) in [6.45, 7) is 0. The molecule has 1 N–H and O–H groups in total. The van der Waals surface area contributed by atoms with E-state index in [1.54, 1.807) is 0 Å². The smallest absolute Gasteiger partial charge is 0.166 e. The van der Waals surface area contributed by atoms with Gasteiger partial charge in [-0.3, -0.25) is 0 Å². The summed E-state index contributed by atoms with van der Waals surface area (Å²) in [6, 6.07) is 5.86. The number of sulfonamides is 2. The van der Waals surface area contributed by atoms with Gasteiger partial charge in [0.05, 0.1) is 20.0 Å². The molecule has 1 aliphatic heterocycles. The lowest BCUT2D eigenvalue weighted by Gasteiger charge is -2.25. The van der Waals surface area contributed by atoms with Crippen LogP contribution in [-0.4, -0.2) is 28.3 Å². The van der Waals surface area contributed by atoms with E-state index in [0.29, 0.717) is 0 Å². The van der Waals surface area contributed by atoms with Crippen molar-refractivity contribution in [3.05, 3.63) is 34.7 Å². The molecule has 16 heavy (non-hydrogen) atoms. The highest BCUT2D eigenvalue weighted by molar-refractivity contribution is 8.12. The van der Waals surface area contributed by atoms with Gasteiger partial charge in [0.2, 0.25) is 0 Å². The summed E-state index contributed by atoms with van der Waals surface area (Å²) in [7, 11) is -7.31. The first-order valence-electron chi connectivity index (χ1n) is 4.52. The van der Waals surface area contributed by atoms with Crippen LogP contribution in [0.4, 0.5) is 0 Å². The highest BCUT2D eigenvalue weighted by atomic mass is 32.3. The van der Waals surface area contributed by atoms with E-state index in [9.17, 15) is 16.8 Å². The molecule has 0 spiro atoms. The quantitative estimate of drug-likeness (QED) is 0.654. The summed E-state index contributed by atoms with van der Waals surface area (Å²) in [5.74, 6) is -0.293. The second kappa shape index (κ2) is 5.37. The minimum absolute atomic E-state index is 0.147. The van der Waals surface area contributed by atoms with Crippen LogP contribution in [0.3, 0.4) is 0 Å². The minimum atomic E-state index is -3.65. The number of nitrogens with one attached hydrogen (secondary N) is 1. The average molecular weight is 264 g/mol. The number of nitrogens with zero attached hydrogens (tertiary/aromatic N) is 1. The summed E-state index contributed by atoms with van der Waals surface area (Å²) < 4.78 is 44.8. The summed E-state index contributed by atoms with van der Waals surface area (Å²) in [5, 5.41) is 0. The first-order valence-corrected chi connectivity index (χ1v) is 7.74. The third kappa shape index (κ3) is 5.19. The Morgan fingerprint density at radius 3 is 1.56 bits per heavy atom. The third-order valence-corrected chi connectivity index (χ3v) is 5.06. The third-order valence-electron chi connectivity index (χ3n) is 1.64. The van der Waals surface area contributed by atoms with Gasteiger partial charge in [0.1, 0.15) is 0 Å². The van der Waals surface area contributed by atoms with Crippen LogP contribution < -0.4 is 4.98 Å². The molecule has 0 bridgehead atoms. The van der Waals surface area contributed by atoms with E-state index >= 15 is 0 Å². The van der Waals surface area contributed by atoms with Crippen LogP contribution >= 0.6 is 0 Å². The molecule has 6 nitrogen and oxygen atoms in total. The van der Waals surface area contributed by atoms with E-state index in [1.807, 2.05) is 30.6 Å². The first kappa shape index (κ1) is 13.1. The zero-order valence-electron chi connectivity index (χ0n) is 8.40. The van der Waals surface area contributed by atoms with E-state index in [-0.39, 0.29) is 17.9 Å². The Kier molecular flexibility index (Phi) is 4.39. The van der Waals surface area contributed by atoms with E-state index < -0.39 is 20.0 Å². The van der Waals surface area contributed by atoms with E-state index in [0.717, 1.165) is 0 Å². The van der Waals surface area contributed by atoms with Crippen molar-refractivity contribution in [1.29, 1.82) is 0 Å². The minimum Gasteiger partial charge on any atom is -0.436 e. The Bertz CT molecular complexity index is 452. The van der Waals surface area contributed by atoms with Crippen molar-refractivity contribution in [3.8, 4) is 0 Å². The van der Waals surface area contributed by atoms with Gasteiger partial charge in [0.15, 0.2) is 12.4 Å². The normalized spacial score (nSPS) is 21.5. The SMILES string of the molecule is O=S1(=O)CCCS(=O)(=O)[N-]1.c1cc[nH+]cc1. The molecule has 1 aliphatic rings. The van der Waals surface area contributed by atoms with Gasteiger partial charge in [0, 0.05) is 23.6 Å². The molecule has 0 unspecified atom stereocenters. The maximum absolute atomic E-state index is 10.5. The molecule has 90 valence electrons. The molecular weight excluding hydrogens is 252 g/mol. The number of hydrogen-bond acceptors (Lipinski definition) is 4. The molecule has 0 aliphatic carbocycles. The monoisotopic (exact) mass is 264 g/mol. The van der Waals surface area contributed by atoms with Crippen molar-refractivity contribution in [1.82, 2.24) is 0 Å². The van der Waals surface area contributed by atoms with Crippen LogP contribution in [0, 0.1) is 0 Å². The zero-order valence-corrected chi connectivity index (χ0v) is 10.0. The topological polar surface area (TPSA) is 96.5 Å². The van der Waals surface area contributed by atoms with Crippen molar-refractivity contribution < 1.29 is 21.8 Å². The molecule has 0 radical (unpaired) electrons. The lowest BCUT2D eigenvalue weighted by atomic mass is 10.5. The molecule has 0 saturated carbocycles. The highest BCUT2D eigenvalue weighted by Crippen LogP contribution is 2.18. The average Bonchev–Trinajstić information content (AvgIpc) is 2.17. The van der Waals surface area contributed by atoms with Crippen LogP contribution in [0.15, 0.2) is 30.6 Å². The molecule has 0 aromatic carbocycles. The Labute approximate surface area is 94.8 Å². The number of aromatic amines is 1. The number of hydrogen-bond donors (Lipinski definition) is 0. The van der Waals surface area contributed by atoms with Crippen molar-refractivity contribution in [3.63, 3.8) is 0 Å². The van der Waals surface area contributed by atoms with E-state index in [4.69, 9.17) is 0 Å². The lowest BCUT2D eigenvalue weighted by Crippen LogP contribution is -2.20. The van der Waals surface area contributed by atoms with Crippen molar-refractivity contribution >= 4 is 20.0 Å². The molecule has 0 atom stereocenters. The molecule has 1 fully saturated rings. The second-order valence-corrected chi connectivity index (χ2v) is 6.82. The first-order chi connectivity index (χ1) is 7.41. The van der Waals surface area contributed by atoms with E-state index in [2.05, 4.69) is 9.11 Å². The standard InChI is InChI=1S/C5H5N.C3H6NO4S2/c1-2-4-6-5-3-1;5-9(6)2-1-3-10(7,8)4-9/h1-5H;1-3H2/q;-1/p+1. The number of aromatic nitrogens is 1. The van der Waals surface area contributed by atoms with Gasteiger partial charge in [-0.05, 0) is 6.42 Å². The van der Waals surface area contributed by atoms with Gasteiger partial charge in [-0.25, -0.2) is 21.8 Å². The molecule has 1 saturated heterocycles. The summed E-state index contributed by atoms with van der Waals surface area (Å²) in [6.07, 6.45) is 3.91. The van der Waals surface area contributed by atoms with Crippen molar-refractivity contribution in [2.75, 3.05) is 11.5 Å². The van der Waals surface area contributed by atoms with Crippen LogP contribution in [0.25, 0.3) is 4.13 Å². The molecule has 0 amide bonds. The fourth-order valence-electron chi connectivity index (χ4n) is 1.01. The van der Waals surface area contributed by atoms with Gasteiger partial charge >= 0.3 is 0 Å². The maximum Gasteiger partial charge on any atom is 0.166 e. The Hall–Kier alpha value is -0.990. The molecule has 1 aromatic rings. The Morgan fingerprint density at radius 1 is 0.875 bits per heavy atom. The van der Waals surface area contributed by atoms with Gasteiger partial charge in [-0.2, -0.15) is 0 Å². The molecular formula is C8H12N2O4S2. The summed E-state index contributed by atoms with van der Waals surface area (Å²) in [5.41, 5.74) is 0. The fourth-order valence-corrected chi connectivity index (χ4v) is 4.19. The van der Waals surface area contributed by atoms with Gasteiger partial charge in [0.25, 0.3) is 0 Å². The Morgan fingerprint density at radius 2 is 1.38 bits per heavy atom. The van der Waals surface area contributed by atoms with Crippen LogP contribution in [0.1, 0.15) is 6.42 Å². The Balaban J connectivity index is 0.000000181. The van der Waals surface area contributed by atoms with Crippen molar-refractivity contribution in [2.45, 2.75) is 6.42 Å². The predicted octanol–water partition coefficient (Wildman–Crippen LogP) is -0.0759. The summed E-state index contributed by atoms with van der Waals surface area (Å²) in [4.78, 5) is 2.89. The predicted molar refractivity (Wildman–Crippen MR) is 58.5 cm³/mol. The fraction of sp³-hybridized carbons (Fsp3) is 0.375. The molecule has 2 rings (SSSR count). The maximum atomic E-state index is 10.5. The largest absolute Gasteiger partial charge is 0.436 e. The van der Waals surface area contributed by atoms with Crippen LogP contribution in [-0.2, 0) is 20.0 Å². The molecule has 1 aromatic heterocycles. The summed E-state index contributed by atoms with van der Waals surface area (Å²) >= 11 is 0. The van der Waals surface area contributed by atoms with Gasteiger partial charge in [-0.15, -0.1) is 0 Å². The second-order valence-electron chi connectivity index (χ2n) is 3.08. The van der Waals surface area contributed by atoms with Crippen LogP contribution in [0.5, 0.6) is 0 Å². The van der Waals surface area contributed by atoms with Crippen LogP contribution in [0.2, 0.25) is 0 Å². The zero-order chi connectivity index (χ0) is 12.1. The number of H-pyrrole nitrogens is 1. The lowest BCUT2D eigenvalue weighted by molar-refractivity contribution is -0.377. The van der Waals surface area contributed by atoms with Crippen molar-refractivity contribution in [2.24, 2.45) is 0 Å². The number of pyridine rings is 1. The van der Waals surface area contributed by atoms with E-state index in [1.165, 1.54) is 0 Å². The highest BCUT2D eigenvalue weighted by Gasteiger charge is 2.14. The molecule has 8 heteroatoms. The van der Waals surface area contributed by atoms with Gasteiger partial charge in [-0.1, -0.05) is 6.07 Å². The van der Waals surface area contributed by atoms with Gasteiger partial charge < -0.3 is 4.13 Å². The number of rotatable bonds is 0. The molecule has 2 heterocycles.